The lowest BCUT2D eigenvalue weighted by Gasteiger charge is -2.38. The zero-order chi connectivity index (χ0) is 15.8. The van der Waals surface area contributed by atoms with Crippen LogP contribution < -0.4 is 4.90 Å². The molecule has 0 amide bonds. The molecular weight excluding hydrogens is 374 g/mol. The van der Waals surface area contributed by atoms with Gasteiger partial charge in [0.1, 0.15) is 0 Å². The topological polar surface area (TPSA) is 19.4 Å². The van der Waals surface area contributed by atoms with Crippen molar-refractivity contribution in [1.29, 1.82) is 0 Å². The van der Waals surface area contributed by atoms with E-state index in [1.54, 1.807) is 0 Å². The van der Waals surface area contributed by atoms with E-state index in [0.717, 1.165) is 34.5 Å². The Hall–Kier alpha value is -0.840. The summed E-state index contributed by atoms with van der Waals surface area (Å²) in [6.07, 6.45) is 7.14. The Morgan fingerprint density at radius 1 is 1.09 bits per heavy atom. The monoisotopic (exact) mass is 393 g/mol. The maximum atomic E-state index is 6.36. The highest BCUT2D eigenvalue weighted by atomic mass is 79.9. The molecule has 0 bridgehead atoms. The second kappa shape index (κ2) is 6.58. The molecule has 1 aromatic carbocycles. The van der Waals surface area contributed by atoms with Crippen molar-refractivity contribution in [3.63, 3.8) is 0 Å². The maximum Gasteiger partial charge on any atom is 0.0909 e. The number of anilines is 1. The molecule has 2 saturated heterocycles. The summed E-state index contributed by atoms with van der Waals surface area (Å²) in [6, 6.07) is 6.95. The van der Waals surface area contributed by atoms with Crippen LogP contribution in [0.15, 0.2) is 28.9 Å². The van der Waals surface area contributed by atoms with Crippen LogP contribution in [0.2, 0.25) is 5.02 Å². The highest BCUT2D eigenvalue weighted by molar-refractivity contribution is 9.10. The Morgan fingerprint density at radius 3 is 2.57 bits per heavy atom. The molecule has 2 aliphatic heterocycles. The Morgan fingerprint density at radius 2 is 1.83 bits per heavy atom. The molecular formula is C18H21BrClN3. The summed E-state index contributed by atoms with van der Waals surface area (Å²) >= 11 is 9.92. The molecule has 0 N–H and O–H groups in total. The fourth-order valence-corrected chi connectivity index (χ4v) is 4.88. The summed E-state index contributed by atoms with van der Waals surface area (Å²) in [5, 5.41) is 1.86. The van der Waals surface area contributed by atoms with Crippen LogP contribution in [0.3, 0.4) is 0 Å². The predicted molar refractivity (Wildman–Crippen MR) is 100 cm³/mol. The molecule has 4 rings (SSSR count). The number of aromatic nitrogens is 1. The minimum atomic E-state index is 0.711. The van der Waals surface area contributed by atoms with Crippen molar-refractivity contribution in [3.05, 3.63) is 33.9 Å². The Balaban J connectivity index is 1.58. The summed E-state index contributed by atoms with van der Waals surface area (Å²) in [4.78, 5) is 9.66. The average Bonchev–Trinajstić information content (AvgIpc) is 3.09. The van der Waals surface area contributed by atoms with Gasteiger partial charge in [0, 0.05) is 40.9 Å². The van der Waals surface area contributed by atoms with Gasteiger partial charge < -0.3 is 9.80 Å². The minimum absolute atomic E-state index is 0.711. The minimum Gasteiger partial charge on any atom is -0.371 e. The van der Waals surface area contributed by atoms with Crippen LogP contribution >= 0.6 is 27.5 Å². The van der Waals surface area contributed by atoms with Crippen molar-refractivity contribution in [2.75, 3.05) is 31.1 Å². The molecule has 2 aliphatic rings. The number of hydrogen-bond acceptors (Lipinski definition) is 3. The third kappa shape index (κ3) is 3.09. The van der Waals surface area contributed by atoms with Crippen LogP contribution in [0.1, 0.15) is 25.7 Å². The summed E-state index contributed by atoms with van der Waals surface area (Å²) < 4.78 is 1.01. The van der Waals surface area contributed by atoms with Crippen LogP contribution in [0.5, 0.6) is 0 Å². The van der Waals surface area contributed by atoms with Gasteiger partial charge in [-0.2, -0.15) is 0 Å². The van der Waals surface area contributed by atoms with Crippen molar-refractivity contribution in [3.8, 4) is 0 Å². The number of fused-ring (bicyclic) bond motifs is 1. The van der Waals surface area contributed by atoms with Gasteiger partial charge in [-0.25, -0.2) is 0 Å². The van der Waals surface area contributed by atoms with Crippen LogP contribution in [0.4, 0.5) is 5.69 Å². The molecule has 0 saturated carbocycles. The highest BCUT2D eigenvalue weighted by Gasteiger charge is 2.27. The van der Waals surface area contributed by atoms with Crippen LogP contribution in [-0.2, 0) is 0 Å². The average molecular weight is 395 g/mol. The van der Waals surface area contributed by atoms with E-state index in [0.29, 0.717) is 5.02 Å². The van der Waals surface area contributed by atoms with E-state index < -0.39 is 0 Å². The third-order valence-corrected chi connectivity index (χ3v) is 5.95. The van der Waals surface area contributed by atoms with Crippen molar-refractivity contribution < 1.29 is 0 Å². The Bertz CT molecular complexity index is 707. The molecule has 0 radical (unpaired) electrons. The van der Waals surface area contributed by atoms with Gasteiger partial charge in [-0.15, -0.1) is 0 Å². The number of piperidine rings is 1. The third-order valence-electron chi connectivity index (χ3n) is 5.20. The number of nitrogens with zero attached hydrogens (tertiary/aromatic N) is 3. The molecule has 3 nitrogen and oxygen atoms in total. The summed E-state index contributed by atoms with van der Waals surface area (Å²) in [7, 11) is 0. The lowest BCUT2D eigenvalue weighted by Crippen LogP contribution is -2.43. The van der Waals surface area contributed by atoms with E-state index in [-0.39, 0.29) is 0 Å². The van der Waals surface area contributed by atoms with Gasteiger partial charge in [-0.05, 0) is 57.0 Å². The number of rotatable bonds is 2. The molecule has 2 fully saturated rings. The highest BCUT2D eigenvalue weighted by Crippen LogP contribution is 2.34. The van der Waals surface area contributed by atoms with Crippen molar-refractivity contribution in [2.24, 2.45) is 0 Å². The SMILES string of the molecule is Clc1cc(Br)cc2c(N3CCC(N4CCCC4)CC3)ccnc12. The summed E-state index contributed by atoms with van der Waals surface area (Å²) in [6.45, 7) is 4.83. The van der Waals surface area contributed by atoms with Crippen molar-refractivity contribution >= 4 is 44.1 Å². The van der Waals surface area contributed by atoms with E-state index in [1.807, 2.05) is 12.3 Å². The van der Waals surface area contributed by atoms with Crippen molar-refractivity contribution in [2.45, 2.75) is 31.7 Å². The first-order valence-corrected chi connectivity index (χ1v) is 9.62. The van der Waals surface area contributed by atoms with Crippen LogP contribution in [0, 0.1) is 0 Å². The molecule has 2 aromatic rings. The molecule has 0 unspecified atom stereocenters. The van der Waals surface area contributed by atoms with Gasteiger partial charge >= 0.3 is 0 Å². The first-order valence-electron chi connectivity index (χ1n) is 8.45. The van der Waals surface area contributed by atoms with Gasteiger partial charge in [-0.3, -0.25) is 4.98 Å². The van der Waals surface area contributed by atoms with E-state index >= 15 is 0 Å². The molecule has 5 heteroatoms. The van der Waals surface area contributed by atoms with E-state index in [2.05, 4.69) is 42.8 Å². The molecule has 1 aromatic heterocycles. The van der Waals surface area contributed by atoms with Crippen molar-refractivity contribution in [1.82, 2.24) is 9.88 Å². The zero-order valence-electron chi connectivity index (χ0n) is 13.1. The lowest BCUT2D eigenvalue weighted by atomic mass is 10.0. The molecule has 23 heavy (non-hydrogen) atoms. The molecule has 3 heterocycles. The smallest absolute Gasteiger partial charge is 0.0909 e. The largest absolute Gasteiger partial charge is 0.371 e. The van der Waals surface area contributed by atoms with E-state index in [1.165, 1.54) is 44.5 Å². The number of likely N-dealkylation sites (tertiary alicyclic amines) is 1. The Labute approximate surface area is 150 Å². The van der Waals surface area contributed by atoms with Gasteiger partial charge in [0.2, 0.25) is 0 Å². The van der Waals surface area contributed by atoms with Gasteiger partial charge in [0.05, 0.1) is 10.5 Å². The van der Waals surface area contributed by atoms with Gasteiger partial charge in [0.15, 0.2) is 0 Å². The quantitative estimate of drug-likeness (QED) is 0.735. The second-order valence-electron chi connectivity index (χ2n) is 6.58. The molecule has 0 spiro atoms. The first kappa shape index (κ1) is 15.7. The number of benzene rings is 1. The normalized spacial score (nSPS) is 20.5. The lowest BCUT2D eigenvalue weighted by molar-refractivity contribution is 0.208. The van der Waals surface area contributed by atoms with E-state index in [9.17, 15) is 0 Å². The predicted octanol–water partition coefficient (Wildman–Crippen LogP) is 4.72. The standard InChI is InChI=1S/C18H21BrClN3/c19-13-11-15-17(3-6-21-18(15)16(20)12-13)23-9-4-14(5-10-23)22-7-1-2-8-22/h3,6,11-12,14H,1-2,4-5,7-10H2. The summed E-state index contributed by atoms with van der Waals surface area (Å²) in [5.74, 6) is 0. The first-order chi connectivity index (χ1) is 11.2. The molecule has 0 atom stereocenters. The fourth-order valence-electron chi connectivity index (χ4n) is 4.02. The fraction of sp³-hybridized carbons (Fsp3) is 0.500. The number of halogens is 2. The molecule has 0 aliphatic carbocycles. The van der Waals surface area contributed by atoms with Crippen LogP contribution in [-0.4, -0.2) is 42.1 Å². The Kier molecular flexibility index (Phi) is 4.48. The number of pyridine rings is 1. The maximum absolute atomic E-state index is 6.36. The van der Waals surface area contributed by atoms with Crippen LogP contribution in [0.25, 0.3) is 10.9 Å². The summed E-state index contributed by atoms with van der Waals surface area (Å²) in [5.41, 5.74) is 2.16. The number of hydrogen-bond donors (Lipinski definition) is 0. The zero-order valence-corrected chi connectivity index (χ0v) is 15.5. The second-order valence-corrected chi connectivity index (χ2v) is 7.90. The molecule has 122 valence electrons. The van der Waals surface area contributed by atoms with Gasteiger partial charge in [0.25, 0.3) is 0 Å². The van der Waals surface area contributed by atoms with E-state index in [4.69, 9.17) is 11.6 Å². The van der Waals surface area contributed by atoms with Gasteiger partial charge in [-0.1, -0.05) is 27.5 Å².